The summed E-state index contributed by atoms with van der Waals surface area (Å²) in [6.07, 6.45) is 2.26. The van der Waals surface area contributed by atoms with Gasteiger partial charge in [0.1, 0.15) is 24.6 Å². The average molecular weight is 598 g/mol. The van der Waals surface area contributed by atoms with E-state index < -0.39 is 31.7 Å². The highest BCUT2D eigenvalue weighted by Crippen LogP contribution is 2.39. The van der Waals surface area contributed by atoms with Crippen molar-refractivity contribution in [3.05, 3.63) is 105 Å². The SMILES string of the molecule is CC1(c2cc(Cl)cc(Cl)c2)CC(c2ccc(C(=O)NCc3ccc4c(c3)B(O)OC4(CF)CF)n3cccc23)=NO1. The zero-order chi connectivity index (χ0) is 28.9. The lowest BCUT2D eigenvalue weighted by Gasteiger charge is -2.23. The topological polar surface area (TPSA) is 84.6 Å². The smallest absolute Gasteiger partial charge is 0.423 e. The average Bonchev–Trinajstić information content (AvgIpc) is 3.68. The summed E-state index contributed by atoms with van der Waals surface area (Å²) in [5, 5.41) is 18.5. The van der Waals surface area contributed by atoms with Crippen LogP contribution in [0, 0.1) is 0 Å². The summed E-state index contributed by atoms with van der Waals surface area (Å²) in [7, 11) is -1.45. The summed E-state index contributed by atoms with van der Waals surface area (Å²) in [6, 6.07) is 17.3. The number of benzene rings is 2. The third-order valence-electron chi connectivity index (χ3n) is 7.67. The highest BCUT2D eigenvalue weighted by Gasteiger charge is 2.47. The first kappa shape index (κ1) is 27.7. The van der Waals surface area contributed by atoms with Crippen LogP contribution in [0.5, 0.6) is 0 Å². The summed E-state index contributed by atoms with van der Waals surface area (Å²) in [5.41, 5.74) is 2.16. The van der Waals surface area contributed by atoms with Crippen LogP contribution in [0.3, 0.4) is 0 Å². The van der Waals surface area contributed by atoms with Crippen LogP contribution in [0.1, 0.15) is 46.1 Å². The summed E-state index contributed by atoms with van der Waals surface area (Å²) in [4.78, 5) is 19.1. The second-order valence-electron chi connectivity index (χ2n) is 10.4. The quantitative estimate of drug-likeness (QED) is 0.291. The van der Waals surface area contributed by atoms with Gasteiger partial charge in [-0.15, -0.1) is 0 Å². The van der Waals surface area contributed by atoms with E-state index in [1.165, 1.54) is 6.07 Å². The Morgan fingerprint density at radius 2 is 1.88 bits per heavy atom. The monoisotopic (exact) mass is 597 g/mol. The number of hydrogen-bond acceptors (Lipinski definition) is 5. The molecule has 1 amide bonds. The molecule has 210 valence electrons. The van der Waals surface area contributed by atoms with E-state index in [4.69, 9.17) is 32.7 Å². The number of aromatic nitrogens is 1. The van der Waals surface area contributed by atoms with E-state index in [0.717, 1.165) is 22.4 Å². The number of alkyl halides is 2. The molecule has 0 bridgehead atoms. The van der Waals surface area contributed by atoms with Crippen molar-refractivity contribution in [2.24, 2.45) is 5.16 Å². The van der Waals surface area contributed by atoms with Crippen LogP contribution in [0.4, 0.5) is 8.78 Å². The normalized spacial score (nSPS) is 19.3. The molecule has 1 atom stereocenters. The molecule has 2 aliphatic rings. The molecule has 12 heteroatoms. The maximum absolute atomic E-state index is 13.6. The minimum absolute atomic E-state index is 0.128. The number of nitrogens with zero attached hydrogens (tertiary/aromatic N) is 2. The number of pyridine rings is 1. The summed E-state index contributed by atoms with van der Waals surface area (Å²) >= 11 is 12.4. The van der Waals surface area contributed by atoms with Crippen molar-refractivity contribution < 1.29 is 28.1 Å². The van der Waals surface area contributed by atoms with Crippen molar-refractivity contribution in [1.29, 1.82) is 0 Å². The van der Waals surface area contributed by atoms with E-state index in [1.54, 1.807) is 47.0 Å². The number of halogens is 4. The molecule has 2 aromatic heterocycles. The van der Waals surface area contributed by atoms with Gasteiger partial charge in [0.25, 0.3) is 5.91 Å². The minimum atomic E-state index is -1.80. The van der Waals surface area contributed by atoms with Gasteiger partial charge in [-0.3, -0.25) is 4.79 Å². The highest BCUT2D eigenvalue weighted by atomic mass is 35.5. The molecule has 2 aliphatic heterocycles. The predicted molar refractivity (Wildman–Crippen MR) is 153 cm³/mol. The first-order valence-corrected chi connectivity index (χ1v) is 13.6. The van der Waals surface area contributed by atoms with Crippen LogP contribution in [0.25, 0.3) is 5.52 Å². The van der Waals surface area contributed by atoms with Gasteiger partial charge in [-0.2, -0.15) is 0 Å². The second kappa shape index (κ2) is 10.4. The fourth-order valence-corrected chi connectivity index (χ4v) is 5.99. The lowest BCUT2D eigenvalue weighted by Crippen LogP contribution is -2.33. The summed E-state index contributed by atoms with van der Waals surface area (Å²) in [5.74, 6) is -0.333. The molecule has 4 heterocycles. The number of hydrogen-bond donors (Lipinski definition) is 2. The van der Waals surface area contributed by atoms with Gasteiger partial charge in [0.15, 0.2) is 5.60 Å². The zero-order valence-electron chi connectivity index (χ0n) is 21.8. The Morgan fingerprint density at radius 1 is 1.12 bits per heavy atom. The molecule has 2 N–H and O–H groups in total. The molecule has 0 saturated heterocycles. The van der Waals surface area contributed by atoms with Gasteiger partial charge >= 0.3 is 7.12 Å². The Labute approximate surface area is 244 Å². The molecular weight excluding hydrogens is 574 g/mol. The van der Waals surface area contributed by atoms with E-state index in [2.05, 4.69) is 10.5 Å². The predicted octanol–water partition coefficient (Wildman–Crippen LogP) is 5.07. The van der Waals surface area contributed by atoms with Crippen LogP contribution in [-0.4, -0.2) is 41.5 Å². The number of fused-ring (bicyclic) bond motifs is 2. The van der Waals surface area contributed by atoms with E-state index in [1.807, 2.05) is 25.1 Å². The third kappa shape index (κ3) is 4.78. The number of rotatable bonds is 7. The first-order valence-electron chi connectivity index (χ1n) is 12.9. The number of amides is 1. The number of carbonyl (C=O) groups is 1. The van der Waals surface area contributed by atoms with Crippen LogP contribution in [-0.2, 0) is 27.2 Å². The molecule has 0 saturated carbocycles. The van der Waals surface area contributed by atoms with Crippen LogP contribution < -0.4 is 10.8 Å². The molecule has 0 fully saturated rings. The van der Waals surface area contributed by atoms with E-state index in [0.29, 0.717) is 27.7 Å². The summed E-state index contributed by atoms with van der Waals surface area (Å²) < 4.78 is 34.1. The maximum atomic E-state index is 13.6. The fourth-order valence-electron chi connectivity index (χ4n) is 5.46. The van der Waals surface area contributed by atoms with Gasteiger partial charge in [-0.1, -0.05) is 46.6 Å². The molecule has 41 heavy (non-hydrogen) atoms. The van der Waals surface area contributed by atoms with Crippen LogP contribution >= 0.6 is 23.2 Å². The molecular formula is C29H24BCl2F2N3O4. The van der Waals surface area contributed by atoms with E-state index in [9.17, 15) is 18.6 Å². The Balaban J connectivity index is 1.20. The van der Waals surface area contributed by atoms with Gasteiger partial charge < -0.3 is 24.2 Å². The van der Waals surface area contributed by atoms with Gasteiger partial charge in [-0.25, -0.2) is 8.78 Å². The molecule has 2 aromatic carbocycles. The molecule has 1 unspecified atom stereocenters. The Morgan fingerprint density at radius 3 is 2.61 bits per heavy atom. The second-order valence-corrected chi connectivity index (χ2v) is 11.3. The molecule has 7 nitrogen and oxygen atoms in total. The van der Waals surface area contributed by atoms with Crippen molar-refractivity contribution in [2.75, 3.05) is 13.3 Å². The van der Waals surface area contributed by atoms with Crippen LogP contribution in [0.2, 0.25) is 10.0 Å². The van der Waals surface area contributed by atoms with Crippen molar-refractivity contribution in [3.63, 3.8) is 0 Å². The minimum Gasteiger partial charge on any atom is -0.423 e. The zero-order valence-corrected chi connectivity index (χ0v) is 23.3. The molecule has 0 aliphatic carbocycles. The van der Waals surface area contributed by atoms with Crippen molar-refractivity contribution in [2.45, 2.75) is 31.1 Å². The number of carbonyl (C=O) groups excluding carboxylic acids is 1. The van der Waals surface area contributed by atoms with Gasteiger partial charge in [-0.05, 0) is 66.0 Å². The van der Waals surface area contributed by atoms with Gasteiger partial charge in [0.2, 0.25) is 0 Å². The van der Waals surface area contributed by atoms with Crippen molar-refractivity contribution in [1.82, 2.24) is 9.72 Å². The summed E-state index contributed by atoms with van der Waals surface area (Å²) in [6.45, 7) is -0.150. The van der Waals surface area contributed by atoms with Crippen LogP contribution in [0.15, 0.2) is 72.0 Å². The lowest BCUT2D eigenvalue weighted by molar-refractivity contribution is -0.00737. The van der Waals surface area contributed by atoms with E-state index >= 15 is 0 Å². The fraction of sp³-hybridized carbons (Fsp3) is 0.241. The maximum Gasteiger partial charge on any atom is 0.492 e. The number of nitrogens with one attached hydrogen (secondary N) is 1. The van der Waals surface area contributed by atoms with E-state index in [-0.39, 0.29) is 23.5 Å². The van der Waals surface area contributed by atoms with Gasteiger partial charge in [0.05, 0.1) is 11.2 Å². The van der Waals surface area contributed by atoms with Crippen molar-refractivity contribution in [3.8, 4) is 0 Å². The Kier molecular flexibility index (Phi) is 7.06. The lowest BCUT2D eigenvalue weighted by atomic mass is 9.77. The standard InChI is InChI=1S/C29H24BCl2F2N3O4/c1-28(18-10-19(31)12-20(32)11-18)13-24(36-41-28)21-5-7-26(37-8-2-3-25(21)37)27(38)35-14-17-4-6-22-23(9-17)30(39)40-29(22,15-33)16-34/h2-12,39H,13-16H2,1H3,(H,35,38). The highest BCUT2D eigenvalue weighted by molar-refractivity contribution is 6.62. The van der Waals surface area contributed by atoms with Crippen molar-refractivity contribution >= 4 is 52.9 Å². The Bertz CT molecular complexity index is 1690. The first-order chi connectivity index (χ1) is 19.7. The molecule has 6 rings (SSSR count). The largest absolute Gasteiger partial charge is 0.492 e. The molecule has 0 spiro atoms. The third-order valence-corrected chi connectivity index (χ3v) is 8.10. The molecule has 4 aromatic rings. The number of oxime groups is 1. The Hall–Kier alpha value is -3.44. The molecule has 0 radical (unpaired) electrons. The van der Waals surface area contributed by atoms with Gasteiger partial charge in [0, 0.05) is 40.3 Å².